The number of phenolic OH excluding ortho intramolecular Hbond substituents is 1. The molecule has 0 atom stereocenters. The summed E-state index contributed by atoms with van der Waals surface area (Å²) in [6.45, 7) is 2.61. The fourth-order valence-corrected chi connectivity index (χ4v) is 1.80. The van der Waals surface area contributed by atoms with Crippen molar-refractivity contribution < 1.29 is 9.84 Å². The van der Waals surface area contributed by atoms with Crippen LogP contribution in [-0.4, -0.2) is 22.0 Å². The lowest BCUT2D eigenvalue weighted by Gasteiger charge is -2.08. The molecule has 0 unspecified atom stereocenters. The van der Waals surface area contributed by atoms with E-state index in [1.807, 2.05) is 32.3 Å². The first-order chi connectivity index (χ1) is 8.60. The van der Waals surface area contributed by atoms with Crippen LogP contribution in [0.25, 0.3) is 0 Å². The Morgan fingerprint density at radius 1 is 1.42 bits per heavy atom. The number of rotatable bonds is 4. The Morgan fingerprint density at radius 3 is 2.74 bits per heavy atom. The fraction of sp³-hybridized carbons (Fsp3) is 0.308. The highest BCUT2D eigenvalue weighted by Gasteiger charge is 2.05. The number of hydrogen-bond acceptors (Lipinski definition) is 4. The van der Waals surface area contributed by atoms with Crippen molar-refractivity contribution in [3.05, 3.63) is 35.7 Å². The highest BCUT2D eigenvalue weighted by atomic mass is 35.5. The molecule has 5 nitrogen and oxygen atoms in total. The summed E-state index contributed by atoms with van der Waals surface area (Å²) < 4.78 is 6.84. The third-order valence-corrected chi connectivity index (χ3v) is 2.74. The van der Waals surface area contributed by atoms with Gasteiger partial charge >= 0.3 is 0 Å². The van der Waals surface area contributed by atoms with Gasteiger partial charge in [-0.2, -0.15) is 5.10 Å². The van der Waals surface area contributed by atoms with Crippen molar-refractivity contribution in [2.75, 3.05) is 12.4 Å². The second-order valence-electron chi connectivity index (χ2n) is 4.16. The van der Waals surface area contributed by atoms with Crippen LogP contribution < -0.4 is 10.1 Å². The first-order valence-electron chi connectivity index (χ1n) is 5.70. The third-order valence-electron chi connectivity index (χ3n) is 2.74. The number of hydrogen-bond donors (Lipinski definition) is 2. The van der Waals surface area contributed by atoms with Gasteiger partial charge in [0.05, 0.1) is 18.5 Å². The maximum Gasteiger partial charge on any atom is 0.160 e. The maximum atomic E-state index is 9.51. The second kappa shape index (κ2) is 6.33. The van der Waals surface area contributed by atoms with Crippen LogP contribution in [0.1, 0.15) is 11.3 Å². The zero-order valence-electron chi connectivity index (χ0n) is 11.2. The smallest absolute Gasteiger partial charge is 0.160 e. The van der Waals surface area contributed by atoms with Crippen LogP contribution in [0.2, 0.25) is 0 Å². The number of aryl methyl sites for hydroxylation is 2. The number of aromatic hydroxyl groups is 1. The van der Waals surface area contributed by atoms with Crippen LogP contribution in [0.5, 0.6) is 11.5 Å². The average Bonchev–Trinajstić information content (AvgIpc) is 2.67. The van der Waals surface area contributed by atoms with Crippen LogP contribution in [0.15, 0.2) is 24.4 Å². The molecule has 1 aromatic carbocycles. The van der Waals surface area contributed by atoms with Crippen molar-refractivity contribution in [3.8, 4) is 11.5 Å². The zero-order valence-corrected chi connectivity index (χ0v) is 12.0. The molecule has 19 heavy (non-hydrogen) atoms. The van der Waals surface area contributed by atoms with Gasteiger partial charge < -0.3 is 15.2 Å². The Kier molecular flexibility index (Phi) is 5.06. The van der Waals surface area contributed by atoms with Crippen LogP contribution >= 0.6 is 12.4 Å². The lowest BCUT2D eigenvalue weighted by atomic mass is 10.2. The van der Waals surface area contributed by atoms with E-state index in [4.69, 9.17) is 4.74 Å². The van der Waals surface area contributed by atoms with Gasteiger partial charge in [0.2, 0.25) is 0 Å². The minimum absolute atomic E-state index is 0. The Hall–Kier alpha value is -1.88. The molecular weight excluding hydrogens is 266 g/mol. The van der Waals surface area contributed by atoms with Gasteiger partial charge in [0, 0.05) is 19.8 Å². The topological polar surface area (TPSA) is 59.3 Å². The molecule has 0 spiro atoms. The highest BCUT2D eigenvalue weighted by molar-refractivity contribution is 5.85. The third kappa shape index (κ3) is 3.54. The molecule has 1 aromatic heterocycles. The Balaban J connectivity index is 0.00000180. The van der Waals surface area contributed by atoms with Gasteiger partial charge in [-0.3, -0.25) is 4.68 Å². The van der Waals surface area contributed by atoms with Crippen molar-refractivity contribution in [2.24, 2.45) is 7.05 Å². The predicted octanol–water partition coefficient (Wildman–Crippen LogP) is 2.48. The first-order valence-corrected chi connectivity index (χ1v) is 5.70. The number of anilines is 1. The fourth-order valence-electron chi connectivity index (χ4n) is 1.80. The number of ether oxygens (including phenoxy) is 1. The first kappa shape index (κ1) is 15.2. The number of nitrogens with zero attached hydrogens (tertiary/aromatic N) is 2. The molecule has 2 N–H and O–H groups in total. The van der Waals surface area contributed by atoms with E-state index in [2.05, 4.69) is 10.4 Å². The zero-order chi connectivity index (χ0) is 13.1. The lowest BCUT2D eigenvalue weighted by Crippen LogP contribution is -2.00. The van der Waals surface area contributed by atoms with E-state index < -0.39 is 0 Å². The second-order valence-corrected chi connectivity index (χ2v) is 4.16. The molecule has 0 bridgehead atoms. The van der Waals surface area contributed by atoms with Gasteiger partial charge in [0.1, 0.15) is 0 Å². The van der Waals surface area contributed by atoms with E-state index in [0.29, 0.717) is 12.3 Å². The molecule has 0 saturated heterocycles. The largest absolute Gasteiger partial charge is 0.504 e. The van der Waals surface area contributed by atoms with E-state index >= 15 is 0 Å². The molecule has 0 fully saturated rings. The van der Waals surface area contributed by atoms with Crippen molar-refractivity contribution in [1.29, 1.82) is 0 Å². The number of nitrogens with one attached hydrogen (secondary N) is 1. The number of methoxy groups -OCH3 is 1. The quantitative estimate of drug-likeness (QED) is 0.905. The SMILES string of the molecule is COc1cc(CNc2cn(C)nc2C)ccc1O.Cl. The van der Waals surface area contributed by atoms with Gasteiger partial charge in [-0.15, -0.1) is 12.4 Å². The monoisotopic (exact) mass is 283 g/mol. The maximum absolute atomic E-state index is 9.51. The molecule has 104 valence electrons. The molecule has 1 heterocycles. The number of benzene rings is 1. The summed E-state index contributed by atoms with van der Waals surface area (Å²) in [4.78, 5) is 0. The summed E-state index contributed by atoms with van der Waals surface area (Å²) in [5.74, 6) is 0.635. The van der Waals surface area contributed by atoms with Crippen molar-refractivity contribution in [2.45, 2.75) is 13.5 Å². The van der Waals surface area contributed by atoms with E-state index in [1.54, 1.807) is 10.7 Å². The van der Waals surface area contributed by atoms with Gasteiger partial charge in [-0.1, -0.05) is 6.07 Å². The van der Waals surface area contributed by atoms with E-state index in [1.165, 1.54) is 7.11 Å². The summed E-state index contributed by atoms with van der Waals surface area (Å²) in [7, 11) is 3.43. The summed E-state index contributed by atoms with van der Waals surface area (Å²) >= 11 is 0. The Morgan fingerprint density at radius 2 is 2.16 bits per heavy atom. The molecule has 0 aliphatic carbocycles. The molecule has 2 aromatic rings. The van der Waals surface area contributed by atoms with E-state index in [9.17, 15) is 5.11 Å². The van der Waals surface area contributed by atoms with E-state index in [0.717, 1.165) is 16.9 Å². The van der Waals surface area contributed by atoms with Crippen LogP contribution in [0.4, 0.5) is 5.69 Å². The summed E-state index contributed by atoms with van der Waals surface area (Å²) in [5, 5.41) is 17.1. The molecule has 0 radical (unpaired) electrons. The highest BCUT2D eigenvalue weighted by Crippen LogP contribution is 2.26. The average molecular weight is 284 g/mol. The van der Waals surface area contributed by atoms with Crippen LogP contribution in [0.3, 0.4) is 0 Å². The van der Waals surface area contributed by atoms with Crippen molar-refractivity contribution in [1.82, 2.24) is 9.78 Å². The lowest BCUT2D eigenvalue weighted by molar-refractivity contribution is 0.373. The summed E-state index contributed by atoms with van der Waals surface area (Å²) in [6.07, 6.45) is 1.94. The van der Waals surface area contributed by atoms with Crippen LogP contribution in [-0.2, 0) is 13.6 Å². The molecule has 2 rings (SSSR count). The standard InChI is InChI=1S/C13H17N3O2.ClH/c1-9-11(8-16(2)15-9)14-7-10-4-5-12(17)13(6-10)18-3;/h4-6,8,14,17H,7H2,1-3H3;1H. The summed E-state index contributed by atoms with van der Waals surface area (Å²) in [6, 6.07) is 5.30. The Labute approximate surface area is 118 Å². The number of halogens is 1. The minimum Gasteiger partial charge on any atom is -0.504 e. The van der Waals surface area contributed by atoms with Crippen molar-refractivity contribution >= 4 is 18.1 Å². The molecule has 0 aliphatic heterocycles. The molecular formula is C13H18ClN3O2. The molecule has 0 aliphatic rings. The number of aromatic nitrogens is 2. The van der Waals surface area contributed by atoms with E-state index in [-0.39, 0.29) is 18.2 Å². The van der Waals surface area contributed by atoms with Crippen LogP contribution in [0, 0.1) is 6.92 Å². The van der Waals surface area contributed by atoms with Gasteiger partial charge in [-0.25, -0.2) is 0 Å². The normalized spacial score (nSPS) is 9.84. The molecule has 6 heteroatoms. The minimum atomic E-state index is 0. The van der Waals surface area contributed by atoms with Gasteiger partial charge in [-0.05, 0) is 24.6 Å². The number of phenols is 1. The van der Waals surface area contributed by atoms with Gasteiger partial charge in [0.15, 0.2) is 11.5 Å². The van der Waals surface area contributed by atoms with Crippen molar-refractivity contribution in [3.63, 3.8) is 0 Å². The Bertz CT molecular complexity index is 555. The molecule has 0 amide bonds. The molecule has 0 saturated carbocycles. The van der Waals surface area contributed by atoms with Gasteiger partial charge in [0.25, 0.3) is 0 Å². The summed E-state index contributed by atoms with van der Waals surface area (Å²) in [5.41, 5.74) is 3.00. The predicted molar refractivity (Wildman–Crippen MR) is 77.2 cm³/mol.